The zero-order chi connectivity index (χ0) is 17.6. The van der Waals surface area contributed by atoms with Crippen LogP contribution in [0.3, 0.4) is 0 Å². The first kappa shape index (κ1) is 19.2. The summed E-state index contributed by atoms with van der Waals surface area (Å²) in [6.07, 6.45) is 2.92. The second-order valence-corrected chi connectivity index (χ2v) is 8.53. The van der Waals surface area contributed by atoms with Crippen molar-refractivity contribution in [3.63, 3.8) is 0 Å². The van der Waals surface area contributed by atoms with E-state index in [4.69, 9.17) is 18.7 Å². The summed E-state index contributed by atoms with van der Waals surface area (Å²) in [4.78, 5) is 0. The van der Waals surface area contributed by atoms with Crippen LogP contribution in [0, 0.1) is 6.92 Å². The van der Waals surface area contributed by atoms with Crippen LogP contribution in [0.1, 0.15) is 45.1 Å². The van der Waals surface area contributed by atoms with Crippen LogP contribution < -0.4 is 0 Å². The molecule has 0 amide bonds. The minimum absolute atomic E-state index is 0.333. The number of hydrogen-bond acceptors (Lipinski definition) is 6. The third-order valence-electron chi connectivity index (χ3n) is 3.45. The van der Waals surface area contributed by atoms with E-state index in [9.17, 15) is 4.21 Å². The Bertz CT molecular complexity index is 573. The maximum absolute atomic E-state index is 11.7. The van der Waals surface area contributed by atoms with Crippen molar-refractivity contribution in [1.29, 1.82) is 0 Å². The van der Waals surface area contributed by atoms with Gasteiger partial charge in [0.1, 0.15) is 22.4 Å². The molecule has 1 aromatic heterocycles. The average Bonchev–Trinajstić information content (AvgIpc) is 3.15. The Hall–Kier alpha value is -1.09. The summed E-state index contributed by atoms with van der Waals surface area (Å²) in [6.45, 7) is 9.42. The van der Waals surface area contributed by atoms with E-state index in [1.165, 1.54) is 0 Å². The number of nitrogens with zero attached hydrogens (tertiary/aromatic N) is 2. The second kappa shape index (κ2) is 8.33. The normalized spacial score (nSPS) is 19.2. The van der Waals surface area contributed by atoms with Gasteiger partial charge in [-0.1, -0.05) is 5.16 Å². The second-order valence-electron chi connectivity index (χ2n) is 6.60. The molecule has 0 radical (unpaired) electrons. The number of rotatable bonds is 8. The van der Waals surface area contributed by atoms with Crippen LogP contribution in [-0.4, -0.2) is 46.8 Å². The predicted octanol–water partition coefficient (Wildman–Crippen LogP) is 2.51. The summed E-state index contributed by atoms with van der Waals surface area (Å²) >= 11 is 0. The molecule has 8 heteroatoms. The summed E-state index contributed by atoms with van der Waals surface area (Å²) in [5.74, 6) is -0.106. The van der Waals surface area contributed by atoms with Crippen molar-refractivity contribution in [3.8, 4) is 0 Å². The predicted molar refractivity (Wildman–Crippen MR) is 91.3 cm³/mol. The molecular formula is C16H26N2O5S. The summed E-state index contributed by atoms with van der Waals surface area (Å²) in [6, 6.07) is 1.83. The molecule has 1 aliphatic rings. The molecule has 1 aliphatic heterocycles. The first-order valence-corrected chi connectivity index (χ1v) is 9.18. The largest absolute Gasteiger partial charge is 0.376 e. The first-order chi connectivity index (χ1) is 11.3. The topological polar surface area (TPSA) is 83.2 Å². The van der Waals surface area contributed by atoms with Crippen LogP contribution in [0.5, 0.6) is 0 Å². The van der Waals surface area contributed by atoms with Gasteiger partial charge in [0.05, 0.1) is 24.6 Å². The van der Waals surface area contributed by atoms with Gasteiger partial charge in [-0.25, -0.2) is 4.21 Å². The van der Waals surface area contributed by atoms with E-state index in [0.29, 0.717) is 38.5 Å². The smallest absolute Gasteiger partial charge is 0.216 e. The molecule has 24 heavy (non-hydrogen) atoms. The Balaban J connectivity index is 1.73. The summed E-state index contributed by atoms with van der Waals surface area (Å²) in [5, 5.41) is 4.02. The molecule has 2 heterocycles. The zero-order valence-corrected chi connectivity index (χ0v) is 15.6. The molecule has 2 rings (SSSR count). The lowest BCUT2D eigenvalue weighted by molar-refractivity contribution is -0.177. The lowest BCUT2D eigenvalue weighted by Crippen LogP contribution is -2.28. The monoisotopic (exact) mass is 358 g/mol. The van der Waals surface area contributed by atoms with Gasteiger partial charge >= 0.3 is 0 Å². The number of aromatic nitrogens is 1. The Morgan fingerprint density at radius 1 is 1.42 bits per heavy atom. The maximum atomic E-state index is 11.7. The lowest BCUT2D eigenvalue weighted by atomic mass is 10.1. The van der Waals surface area contributed by atoms with Gasteiger partial charge in [0.15, 0.2) is 0 Å². The summed E-state index contributed by atoms with van der Waals surface area (Å²) in [7, 11) is -1.25. The van der Waals surface area contributed by atoms with Crippen molar-refractivity contribution in [3.05, 3.63) is 17.5 Å². The highest BCUT2D eigenvalue weighted by molar-refractivity contribution is 7.85. The van der Waals surface area contributed by atoms with Crippen molar-refractivity contribution in [1.82, 2.24) is 5.16 Å². The van der Waals surface area contributed by atoms with Crippen LogP contribution in [-0.2, 0) is 31.0 Å². The third kappa shape index (κ3) is 5.20. The highest BCUT2D eigenvalue weighted by Crippen LogP contribution is 2.35. The molecule has 7 nitrogen and oxygen atoms in total. The molecule has 0 unspecified atom stereocenters. The molecule has 0 saturated carbocycles. The average molecular weight is 358 g/mol. The quantitative estimate of drug-likeness (QED) is 0.524. The van der Waals surface area contributed by atoms with E-state index in [0.717, 1.165) is 12.2 Å². The highest BCUT2D eigenvalue weighted by Gasteiger charge is 2.40. The van der Waals surface area contributed by atoms with E-state index < -0.39 is 16.8 Å². The number of aryl methyl sites for hydroxylation is 1. The first-order valence-electron chi connectivity index (χ1n) is 8.07. The van der Waals surface area contributed by atoms with Crippen LogP contribution in [0.4, 0.5) is 0 Å². The van der Waals surface area contributed by atoms with Gasteiger partial charge in [0.2, 0.25) is 5.79 Å². The fourth-order valence-electron chi connectivity index (χ4n) is 2.22. The SMILES string of the molecule is Cc1cc(C2(CCCOC/C=N/[S@](=O)C(C)(C)C)OCCO2)no1. The molecule has 0 N–H and O–H groups in total. The molecular weight excluding hydrogens is 332 g/mol. The van der Waals surface area contributed by atoms with Crippen LogP contribution in [0.2, 0.25) is 0 Å². The molecule has 1 fully saturated rings. The Kier molecular flexibility index (Phi) is 6.68. The van der Waals surface area contributed by atoms with Gasteiger partial charge in [-0.05, 0) is 34.1 Å². The fourth-order valence-corrected chi connectivity index (χ4v) is 2.73. The van der Waals surface area contributed by atoms with E-state index in [2.05, 4.69) is 9.55 Å². The molecule has 0 aromatic carbocycles. The van der Waals surface area contributed by atoms with E-state index in [1.54, 1.807) is 6.21 Å². The molecule has 0 aliphatic carbocycles. The standard InChI is InChI=1S/C16H26N2O5S/c1-13-12-14(18-23-13)16(21-10-11-22-16)6-5-8-20-9-7-17-24(19)15(2,3)4/h7,12H,5-6,8-11H2,1-4H3/b17-7+/t24-/m1/s1. The molecule has 1 aromatic rings. The maximum Gasteiger partial charge on any atom is 0.216 e. The van der Waals surface area contributed by atoms with Crippen molar-refractivity contribution in [2.45, 2.75) is 51.1 Å². The molecule has 1 saturated heterocycles. The van der Waals surface area contributed by atoms with Gasteiger partial charge in [-0.2, -0.15) is 4.40 Å². The third-order valence-corrected chi connectivity index (χ3v) is 4.84. The van der Waals surface area contributed by atoms with Crippen LogP contribution in [0.15, 0.2) is 15.0 Å². The van der Waals surface area contributed by atoms with Crippen molar-refractivity contribution < 1.29 is 22.9 Å². The van der Waals surface area contributed by atoms with Gasteiger partial charge in [-0.3, -0.25) is 0 Å². The number of hydrogen-bond donors (Lipinski definition) is 0. The molecule has 0 spiro atoms. The van der Waals surface area contributed by atoms with E-state index in [1.807, 2.05) is 33.8 Å². The zero-order valence-electron chi connectivity index (χ0n) is 14.7. The summed E-state index contributed by atoms with van der Waals surface area (Å²) in [5.41, 5.74) is 0.666. The number of ether oxygens (including phenoxy) is 3. The summed E-state index contributed by atoms with van der Waals surface area (Å²) < 4.78 is 37.5. The fraction of sp³-hybridized carbons (Fsp3) is 0.750. The highest BCUT2D eigenvalue weighted by atomic mass is 32.2. The molecule has 136 valence electrons. The molecule has 1 atom stereocenters. The van der Waals surface area contributed by atoms with Crippen molar-refractivity contribution >= 4 is 17.2 Å². The van der Waals surface area contributed by atoms with Gasteiger partial charge < -0.3 is 18.7 Å². The van der Waals surface area contributed by atoms with Gasteiger partial charge in [0.25, 0.3) is 0 Å². The van der Waals surface area contributed by atoms with Crippen LogP contribution >= 0.6 is 0 Å². The lowest BCUT2D eigenvalue weighted by Gasteiger charge is -2.24. The molecule has 0 bridgehead atoms. The Morgan fingerprint density at radius 3 is 2.71 bits per heavy atom. The van der Waals surface area contributed by atoms with Gasteiger partial charge in [0, 0.05) is 25.3 Å². The van der Waals surface area contributed by atoms with Gasteiger partial charge in [-0.15, -0.1) is 0 Å². The Morgan fingerprint density at radius 2 is 2.12 bits per heavy atom. The Labute approximate surface area is 145 Å². The minimum Gasteiger partial charge on any atom is -0.376 e. The van der Waals surface area contributed by atoms with E-state index in [-0.39, 0.29) is 4.75 Å². The van der Waals surface area contributed by atoms with Crippen molar-refractivity contribution in [2.75, 3.05) is 26.4 Å². The van der Waals surface area contributed by atoms with Crippen molar-refractivity contribution in [2.24, 2.45) is 4.40 Å². The minimum atomic E-state index is -1.25. The van der Waals surface area contributed by atoms with E-state index >= 15 is 0 Å². The van der Waals surface area contributed by atoms with Crippen LogP contribution in [0.25, 0.3) is 0 Å².